The first-order valence-electron chi connectivity index (χ1n) is 3.14. The van der Waals surface area contributed by atoms with Crippen molar-refractivity contribution >= 4 is 28.3 Å². The van der Waals surface area contributed by atoms with Crippen LogP contribution in [0.2, 0.25) is 0 Å². The Morgan fingerprint density at radius 2 is 1.77 bits per heavy atom. The Bertz CT molecular complexity index is 334. The third kappa shape index (κ3) is 2.23. The average molecular weight is 305 g/mol. The van der Waals surface area contributed by atoms with Gasteiger partial charge < -0.3 is 5.73 Å². The first-order chi connectivity index (χ1) is 5.82. The minimum absolute atomic E-state index is 0.0723. The molecule has 0 aliphatic carbocycles. The van der Waals surface area contributed by atoms with Crippen LogP contribution < -0.4 is 5.73 Å². The van der Waals surface area contributed by atoms with E-state index in [0.29, 0.717) is 6.07 Å². The Morgan fingerprint density at radius 3 is 2.23 bits per heavy atom. The van der Waals surface area contributed by atoms with Crippen LogP contribution in [0.1, 0.15) is 5.56 Å². The second kappa shape index (κ2) is 3.32. The summed E-state index contributed by atoms with van der Waals surface area (Å²) in [5.74, 6) is -0.915. The molecule has 0 saturated carbocycles. The largest absolute Gasteiger partial charge is 0.418 e. The Kier molecular flexibility index (Phi) is 2.69. The van der Waals surface area contributed by atoms with Crippen molar-refractivity contribution in [1.82, 2.24) is 0 Å². The van der Waals surface area contributed by atoms with Gasteiger partial charge in [-0.15, -0.1) is 0 Å². The number of nitrogen functional groups attached to an aromatic ring is 1. The molecular formula is C7H4F4IN. The Balaban J connectivity index is 3.32. The highest BCUT2D eigenvalue weighted by Gasteiger charge is 2.33. The highest BCUT2D eigenvalue weighted by Crippen LogP contribution is 2.34. The molecule has 0 bridgehead atoms. The van der Waals surface area contributed by atoms with Gasteiger partial charge in [0, 0.05) is 5.69 Å². The number of halogens is 5. The molecule has 0 amide bonds. The number of anilines is 1. The summed E-state index contributed by atoms with van der Waals surface area (Å²) >= 11 is 1.57. The summed E-state index contributed by atoms with van der Waals surface area (Å²) in [4.78, 5) is 0. The molecule has 1 aromatic rings. The molecule has 0 spiro atoms. The van der Waals surface area contributed by atoms with E-state index in [4.69, 9.17) is 5.73 Å². The lowest BCUT2D eigenvalue weighted by Gasteiger charge is -2.10. The van der Waals surface area contributed by atoms with Crippen LogP contribution in [0.25, 0.3) is 0 Å². The summed E-state index contributed by atoms with van der Waals surface area (Å²) in [6.07, 6.45) is -4.60. The molecule has 1 aromatic carbocycles. The summed E-state index contributed by atoms with van der Waals surface area (Å²) in [7, 11) is 0. The van der Waals surface area contributed by atoms with Gasteiger partial charge in [-0.2, -0.15) is 13.2 Å². The predicted octanol–water partition coefficient (Wildman–Crippen LogP) is 3.03. The second-order valence-electron chi connectivity index (χ2n) is 2.35. The Hall–Kier alpha value is -0.530. The van der Waals surface area contributed by atoms with E-state index < -0.39 is 23.2 Å². The Morgan fingerprint density at radius 1 is 1.23 bits per heavy atom. The van der Waals surface area contributed by atoms with Crippen molar-refractivity contribution in [2.24, 2.45) is 0 Å². The van der Waals surface area contributed by atoms with Gasteiger partial charge in [-0.05, 0) is 34.7 Å². The predicted molar refractivity (Wildman–Crippen MR) is 48.5 cm³/mol. The van der Waals surface area contributed by atoms with Crippen molar-refractivity contribution in [2.45, 2.75) is 6.18 Å². The molecule has 1 nitrogen and oxygen atoms in total. The quantitative estimate of drug-likeness (QED) is 0.445. The van der Waals surface area contributed by atoms with E-state index >= 15 is 0 Å². The zero-order valence-corrected chi connectivity index (χ0v) is 8.28. The number of alkyl halides is 3. The molecule has 0 aromatic heterocycles. The normalized spacial score (nSPS) is 11.8. The lowest BCUT2D eigenvalue weighted by atomic mass is 10.2. The molecule has 0 aliphatic heterocycles. The zero-order chi connectivity index (χ0) is 10.2. The molecule has 6 heteroatoms. The van der Waals surface area contributed by atoms with Crippen LogP contribution in [0.4, 0.5) is 23.2 Å². The monoisotopic (exact) mass is 305 g/mol. The molecule has 72 valence electrons. The molecular weight excluding hydrogens is 301 g/mol. The first-order valence-corrected chi connectivity index (χ1v) is 4.22. The molecule has 0 aliphatic rings. The fourth-order valence-corrected chi connectivity index (χ4v) is 1.30. The van der Waals surface area contributed by atoms with E-state index in [1.165, 1.54) is 0 Å². The standard InChI is InChI=1S/C7H4F4IN/c8-4-1-3(7(9,10)11)6(13)2-5(4)12/h1-2H,13H2. The van der Waals surface area contributed by atoms with E-state index in [-0.39, 0.29) is 3.57 Å². The van der Waals surface area contributed by atoms with Crippen LogP contribution in [0.5, 0.6) is 0 Å². The van der Waals surface area contributed by atoms with E-state index in [1.54, 1.807) is 22.6 Å². The summed E-state index contributed by atoms with van der Waals surface area (Å²) in [6.45, 7) is 0. The smallest absolute Gasteiger partial charge is 0.398 e. The van der Waals surface area contributed by atoms with Gasteiger partial charge in [0.05, 0.1) is 9.13 Å². The number of hydrogen-bond acceptors (Lipinski definition) is 1. The third-order valence-corrected chi connectivity index (χ3v) is 2.22. The number of benzene rings is 1. The zero-order valence-electron chi connectivity index (χ0n) is 6.12. The van der Waals surface area contributed by atoms with Crippen LogP contribution in [0, 0.1) is 9.39 Å². The summed E-state index contributed by atoms with van der Waals surface area (Å²) in [6, 6.07) is 1.36. The number of rotatable bonds is 0. The van der Waals surface area contributed by atoms with Crippen LogP contribution >= 0.6 is 22.6 Å². The van der Waals surface area contributed by atoms with Gasteiger partial charge in [-0.1, -0.05) is 0 Å². The van der Waals surface area contributed by atoms with E-state index in [2.05, 4.69) is 0 Å². The fourth-order valence-electron chi connectivity index (χ4n) is 0.808. The SMILES string of the molecule is Nc1cc(I)c(F)cc1C(F)(F)F. The van der Waals surface area contributed by atoms with Gasteiger partial charge in [-0.25, -0.2) is 4.39 Å². The maximum absolute atomic E-state index is 12.7. The van der Waals surface area contributed by atoms with Gasteiger partial charge in [0.2, 0.25) is 0 Å². The number of hydrogen-bond donors (Lipinski definition) is 1. The van der Waals surface area contributed by atoms with Crippen molar-refractivity contribution in [2.75, 3.05) is 5.73 Å². The van der Waals surface area contributed by atoms with Gasteiger partial charge in [0.25, 0.3) is 0 Å². The Labute approximate surface area is 85.1 Å². The number of nitrogens with two attached hydrogens (primary N) is 1. The lowest BCUT2D eigenvalue weighted by Crippen LogP contribution is -2.10. The van der Waals surface area contributed by atoms with Crippen molar-refractivity contribution < 1.29 is 17.6 Å². The minimum Gasteiger partial charge on any atom is -0.398 e. The topological polar surface area (TPSA) is 26.0 Å². The van der Waals surface area contributed by atoms with Crippen molar-refractivity contribution in [3.05, 3.63) is 27.1 Å². The highest BCUT2D eigenvalue weighted by atomic mass is 127. The van der Waals surface area contributed by atoms with E-state index in [0.717, 1.165) is 6.07 Å². The average Bonchev–Trinajstić information content (AvgIpc) is 1.94. The summed E-state index contributed by atoms with van der Waals surface area (Å²) in [5.41, 5.74) is 3.49. The fraction of sp³-hybridized carbons (Fsp3) is 0.143. The van der Waals surface area contributed by atoms with Crippen LogP contribution in [0.15, 0.2) is 12.1 Å². The van der Waals surface area contributed by atoms with Gasteiger partial charge in [0.15, 0.2) is 0 Å². The van der Waals surface area contributed by atoms with Crippen molar-refractivity contribution in [3.63, 3.8) is 0 Å². The molecule has 2 N–H and O–H groups in total. The molecule has 0 radical (unpaired) electrons. The van der Waals surface area contributed by atoms with Crippen molar-refractivity contribution in [3.8, 4) is 0 Å². The van der Waals surface area contributed by atoms with Crippen LogP contribution in [0.3, 0.4) is 0 Å². The van der Waals surface area contributed by atoms with E-state index in [9.17, 15) is 17.6 Å². The maximum atomic E-state index is 12.7. The summed E-state index contributed by atoms with van der Waals surface area (Å²) < 4.78 is 49.1. The maximum Gasteiger partial charge on any atom is 0.418 e. The van der Waals surface area contributed by atoms with Gasteiger partial charge >= 0.3 is 6.18 Å². The molecule has 0 fully saturated rings. The van der Waals surface area contributed by atoms with Crippen LogP contribution in [-0.2, 0) is 6.18 Å². The van der Waals surface area contributed by atoms with Gasteiger partial charge in [-0.3, -0.25) is 0 Å². The molecule has 0 unspecified atom stereocenters. The minimum atomic E-state index is -4.60. The molecule has 1 rings (SSSR count). The third-order valence-electron chi connectivity index (χ3n) is 1.40. The molecule has 13 heavy (non-hydrogen) atoms. The summed E-state index contributed by atoms with van der Waals surface area (Å²) in [5, 5.41) is 0. The second-order valence-corrected chi connectivity index (χ2v) is 3.51. The first kappa shape index (κ1) is 10.6. The van der Waals surface area contributed by atoms with E-state index in [1.807, 2.05) is 0 Å². The molecule has 0 saturated heterocycles. The van der Waals surface area contributed by atoms with Crippen molar-refractivity contribution in [1.29, 1.82) is 0 Å². The molecule has 0 heterocycles. The molecule has 0 atom stereocenters. The lowest BCUT2D eigenvalue weighted by molar-refractivity contribution is -0.137. The van der Waals surface area contributed by atoms with Crippen LogP contribution in [-0.4, -0.2) is 0 Å². The van der Waals surface area contributed by atoms with Gasteiger partial charge in [0.1, 0.15) is 5.82 Å². The highest BCUT2D eigenvalue weighted by molar-refractivity contribution is 14.1.